The van der Waals surface area contributed by atoms with Crippen LogP contribution in [0.5, 0.6) is 0 Å². The lowest BCUT2D eigenvalue weighted by Gasteiger charge is -2.14. The van der Waals surface area contributed by atoms with E-state index in [9.17, 15) is 14.3 Å². The van der Waals surface area contributed by atoms with Crippen molar-refractivity contribution in [1.82, 2.24) is 20.2 Å². The van der Waals surface area contributed by atoms with Crippen LogP contribution in [0.15, 0.2) is 36.4 Å². The zero-order chi connectivity index (χ0) is 16.6. The Balaban J connectivity index is 2.36. The summed E-state index contributed by atoms with van der Waals surface area (Å²) in [5.41, 5.74) is 1.10. The molecule has 1 N–H and O–H groups in total. The quantitative estimate of drug-likeness (QED) is 0.804. The number of carboxylic acid groups (broad SMARTS) is 1. The Morgan fingerprint density at radius 1 is 1.22 bits per heavy atom. The van der Waals surface area contributed by atoms with E-state index in [0.717, 1.165) is 0 Å². The van der Waals surface area contributed by atoms with Gasteiger partial charge >= 0.3 is 5.97 Å². The number of rotatable bonds is 3. The second-order valence-electron chi connectivity index (χ2n) is 5.07. The van der Waals surface area contributed by atoms with E-state index in [-0.39, 0.29) is 16.7 Å². The van der Waals surface area contributed by atoms with E-state index in [1.165, 1.54) is 11.6 Å². The minimum Gasteiger partial charge on any atom is -0.478 e. The van der Waals surface area contributed by atoms with E-state index in [2.05, 4.69) is 15.5 Å². The van der Waals surface area contributed by atoms with E-state index in [0.29, 0.717) is 17.1 Å². The van der Waals surface area contributed by atoms with Gasteiger partial charge in [0.15, 0.2) is 5.82 Å². The number of aromatic carboxylic acids is 1. The molecule has 0 atom stereocenters. The number of tetrazole rings is 1. The van der Waals surface area contributed by atoms with Crippen molar-refractivity contribution in [3.05, 3.63) is 59.2 Å². The fraction of sp³-hybridized carbons (Fsp3) is 0.125. The van der Waals surface area contributed by atoms with Crippen LogP contribution in [0.3, 0.4) is 0 Å². The van der Waals surface area contributed by atoms with Gasteiger partial charge in [0.05, 0.1) is 5.69 Å². The summed E-state index contributed by atoms with van der Waals surface area (Å²) in [5, 5.41) is 20.6. The lowest BCUT2D eigenvalue weighted by molar-refractivity contribution is 0.0691. The van der Waals surface area contributed by atoms with Crippen molar-refractivity contribution in [3.8, 4) is 16.8 Å². The van der Waals surface area contributed by atoms with Gasteiger partial charge < -0.3 is 5.11 Å². The van der Waals surface area contributed by atoms with Gasteiger partial charge in [0.1, 0.15) is 11.4 Å². The molecule has 116 valence electrons. The molecule has 0 unspecified atom stereocenters. The smallest absolute Gasteiger partial charge is 0.339 e. The molecule has 0 saturated carbocycles. The highest BCUT2D eigenvalue weighted by molar-refractivity contribution is 5.93. The number of halogens is 1. The lowest BCUT2D eigenvalue weighted by Crippen LogP contribution is -2.11. The van der Waals surface area contributed by atoms with Gasteiger partial charge in [-0.25, -0.2) is 9.18 Å². The first-order chi connectivity index (χ1) is 11.0. The highest BCUT2D eigenvalue weighted by atomic mass is 19.1. The Morgan fingerprint density at radius 2 is 1.91 bits per heavy atom. The average Bonchev–Trinajstić information content (AvgIpc) is 2.94. The number of aryl methyl sites for hydroxylation is 1. The summed E-state index contributed by atoms with van der Waals surface area (Å²) in [6.45, 7) is 3.23. The number of carboxylic acids is 1. The van der Waals surface area contributed by atoms with Gasteiger partial charge in [-0.15, -0.1) is 5.10 Å². The lowest BCUT2D eigenvalue weighted by atomic mass is 9.97. The Hall–Kier alpha value is -3.09. The van der Waals surface area contributed by atoms with Crippen molar-refractivity contribution in [2.75, 3.05) is 0 Å². The average molecular weight is 312 g/mol. The Kier molecular flexibility index (Phi) is 3.61. The molecule has 0 radical (unpaired) electrons. The molecule has 0 amide bonds. The van der Waals surface area contributed by atoms with Crippen LogP contribution >= 0.6 is 0 Å². The van der Waals surface area contributed by atoms with Crippen LogP contribution in [0.25, 0.3) is 16.8 Å². The third kappa shape index (κ3) is 2.46. The van der Waals surface area contributed by atoms with Crippen molar-refractivity contribution < 1.29 is 14.3 Å². The second-order valence-corrected chi connectivity index (χ2v) is 5.07. The number of aromatic nitrogens is 4. The minimum atomic E-state index is -1.33. The summed E-state index contributed by atoms with van der Waals surface area (Å²) in [7, 11) is 0. The van der Waals surface area contributed by atoms with Gasteiger partial charge in [0.2, 0.25) is 0 Å². The molecular weight excluding hydrogens is 299 g/mol. The third-order valence-electron chi connectivity index (χ3n) is 3.65. The highest BCUT2D eigenvalue weighted by Gasteiger charge is 2.23. The Bertz CT molecular complexity index is 891. The molecule has 0 spiro atoms. The number of nitrogens with zero attached hydrogens (tertiary/aromatic N) is 4. The van der Waals surface area contributed by atoms with Crippen LogP contribution in [-0.4, -0.2) is 31.3 Å². The van der Waals surface area contributed by atoms with Gasteiger partial charge in [-0.3, -0.25) is 0 Å². The maximum absolute atomic E-state index is 14.8. The fourth-order valence-electron chi connectivity index (χ4n) is 2.49. The number of hydrogen-bond acceptors (Lipinski definition) is 4. The van der Waals surface area contributed by atoms with Gasteiger partial charge in [0.25, 0.3) is 0 Å². The van der Waals surface area contributed by atoms with E-state index < -0.39 is 11.8 Å². The van der Waals surface area contributed by atoms with Gasteiger partial charge in [-0.1, -0.05) is 30.3 Å². The van der Waals surface area contributed by atoms with Crippen molar-refractivity contribution in [1.29, 1.82) is 0 Å². The van der Waals surface area contributed by atoms with E-state index in [1.807, 2.05) is 0 Å². The largest absolute Gasteiger partial charge is 0.478 e. The van der Waals surface area contributed by atoms with Gasteiger partial charge in [-0.05, 0) is 41.5 Å². The summed E-state index contributed by atoms with van der Waals surface area (Å²) in [5.74, 6) is -1.62. The maximum atomic E-state index is 14.8. The molecule has 0 aliphatic heterocycles. The summed E-state index contributed by atoms with van der Waals surface area (Å²) in [6, 6.07) is 10.3. The molecule has 6 nitrogen and oxygen atoms in total. The van der Waals surface area contributed by atoms with E-state index in [4.69, 9.17) is 0 Å². The summed E-state index contributed by atoms with van der Waals surface area (Å²) in [4.78, 5) is 11.5. The van der Waals surface area contributed by atoms with E-state index >= 15 is 0 Å². The van der Waals surface area contributed by atoms with Crippen LogP contribution in [0, 0.1) is 19.7 Å². The first kappa shape index (κ1) is 14.8. The van der Waals surface area contributed by atoms with Gasteiger partial charge in [-0.2, -0.15) is 4.68 Å². The molecule has 0 bridgehead atoms. The summed E-state index contributed by atoms with van der Waals surface area (Å²) < 4.78 is 16.1. The third-order valence-corrected chi connectivity index (χ3v) is 3.65. The standard InChI is InChI=1S/C16H13FN4O2/c1-9-13(21-10(2)18-19-20-21)8-12(11-6-4-3-5-7-11)15(17)14(9)16(22)23/h3-8H,1-2H3,(H,22,23). The number of benzene rings is 2. The van der Waals surface area contributed by atoms with Crippen molar-refractivity contribution >= 4 is 5.97 Å². The number of hydrogen-bond donors (Lipinski definition) is 1. The van der Waals surface area contributed by atoms with Crippen LogP contribution in [0.2, 0.25) is 0 Å². The summed E-state index contributed by atoms with van der Waals surface area (Å²) >= 11 is 0. The predicted molar refractivity (Wildman–Crippen MR) is 81.0 cm³/mol. The highest BCUT2D eigenvalue weighted by Crippen LogP contribution is 2.31. The topological polar surface area (TPSA) is 80.9 Å². The molecule has 0 fully saturated rings. The molecule has 0 saturated heterocycles. The first-order valence-corrected chi connectivity index (χ1v) is 6.88. The zero-order valence-electron chi connectivity index (χ0n) is 12.5. The zero-order valence-corrected chi connectivity index (χ0v) is 12.5. The predicted octanol–water partition coefficient (Wildman–Crippen LogP) is 2.78. The molecule has 3 aromatic rings. The SMILES string of the molecule is Cc1c(-n2nnnc2C)cc(-c2ccccc2)c(F)c1C(=O)O. The van der Waals surface area contributed by atoms with Crippen molar-refractivity contribution in [2.24, 2.45) is 0 Å². The van der Waals surface area contributed by atoms with E-state index in [1.54, 1.807) is 43.3 Å². The first-order valence-electron chi connectivity index (χ1n) is 6.88. The molecular formula is C16H13FN4O2. The molecule has 23 heavy (non-hydrogen) atoms. The van der Waals surface area contributed by atoms with Crippen molar-refractivity contribution in [3.63, 3.8) is 0 Å². The molecule has 2 aromatic carbocycles. The van der Waals surface area contributed by atoms with Crippen molar-refractivity contribution in [2.45, 2.75) is 13.8 Å². The minimum absolute atomic E-state index is 0.193. The monoisotopic (exact) mass is 312 g/mol. The number of carbonyl (C=O) groups is 1. The Morgan fingerprint density at radius 3 is 2.48 bits per heavy atom. The molecule has 1 aromatic heterocycles. The molecule has 0 aliphatic carbocycles. The normalized spacial score (nSPS) is 10.7. The van der Waals surface area contributed by atoms with Crippen LogP contribution in [0.1, 0.15) is 21.7 Å². The molecule has 1 heterocycles. The molecule has 0 aliphatic rings. The van der Waals surface area contributed by atoms with Gasteiger partial charge in [0, 0.05) is 5.56 Å². The second kappa shape index (κ2) is 5.60. The molecule has 3 rings (SSSR count). The summed E-state index contributed by atoms with van der Waals surface area (Å²) in [6.07, 6.45) is 0. The van der Waals surface area contributed by atoms with Crippen LogP contribution in [0.4, 0.5) is 4.39 Å². The fourth-order valence-corrected chi connectivity index (χ4v) is 2.49. The van der Waals surface area contributed by atoms with Crippen LogP contribution in [-0.2, 0) is 0 Å². The molecule has 7 heteroatoms. The Labute approximate surface area is 131 Å². The van der Waals surface area contributed by atoms with Crippen LogP contribution < -0.4 is 0 Å². The maximum Gasteiger partial charge on any atom is 0.339 e.